The van der Waals surface area contributed by atoms with Gasteiger partial charge in [0.15, 0.2) is 0 Å². The Labute approximate surface area is 130 Å². The summed E-state index contributed by atoms with van der Waals surface area (Å²) in [7, 11) is 0. The van der Waals surface area contributed by atoms with Gasteiger partial charge in [-0.1, -0.05) is 25.0 Å². The number of halogens is 1. The lowest BCUT2D eigenvalue weighted by Crippen LogP contribution is -2.39. The fourth-order valence-electron chi connectivity index (χ4n) is 2.93. The van der Waals surface area contributed by atoms with E-state index in [0.717, 1.165) is 31.2 Å². The average Bonchev–Trinajstić information content (AvgIpc) is 3.00. The van der Waals surface area contributed by atoms with Crippen LogP contribution < -0.4 is 5.32 Å². The molecule has 1 aromatic rings. The molecular formula is C17H23FN2O2. The first kappa shape index (κ1) is 16.5. The highest BCUT2D eigenvalue weighted by molar-refractivity contribution is 5.78. The number of amides is 2. The minimum atomic E-state index is -0.288. The summed E-state index contributed by atoms with van der Waals surface area (Å²) in [5.41, 5.74) is 0.856. The van der Waals surface area contributed by atoms with Crippen molar-refractivity contribution in [2.45, 2.75) is 51.6 Å². The van der Waals surface area contributed by atoms with Crippen LogP contribution in [0.1, 0.15) is 44.6 Å². The van der Waals surface area contributed by atoms with Gasteiger partial charge in [0.1, 0.15) is 5.82 Å². The smallest absolute Gasteiger partial charge is 0.222 e. The Bertz CT molecular complexity index is 510. The fraction of sp³-hybridized carbons (Fsp3) is 0.529. The SMILES string of the molecule is CC(=O)N(CCC(=O)NCc1ccc(F)cc1)C1CCCC1. The third-order valence-corrected chi connectivity index (χ3v) is 4.15. The molecule has 1 N–H and O–H groups in total. The van der Waals surface area contributed by atoms with Crippen LogP contribution in [-0.2, 0) is 16.1 Å². The van der Waals surface area contributed by atoms with Crippen LogP contribution in [0.15, 0.2) is 24.3 Å². The van der Waals surface area contributed by atoms with Crippen molar-refractivity contribution in [3.05, 3.63) is 35.6 Å². The third-order valence-electron chi connectivity index (χ3n) is 4.15. The minimum Gasteiger partial charge on any atom is -0.352 e. The summed E-state index contributed by atoms with van der Waals surface area (Å²) in [5.74, 6) is -0.337. The number of rotatable bonds is 6. The van der Waals surface area contributed by atoms with Gasteiger partial charge in [0, 0.05) is 32.5 Å². The van der Waals surface area contributed by atoms with Crippen LogP contribution in [0.25, 0.3) is 0 Å². The number of carbonyl (C=O) groups excluding carboxylic acids is 2. The minimum absolute atomic E-state index is 0.0400. The van der Waals surface area contributed by atoms with E-state index in [4.69, 9.17) is 0 Å². The second kappa shape index (κ2) is 7.92. The number of nitrogens with zero attached hydrogens (tertiary/aromatic N) is 1. The predicted octanol–water partition coefficient (Wildman–Crippen LogP) is 2.62. The maximum atomic E-state index is 12.8. The van der Waals surface area contributed by atoms with Gasteiger partial charge in [0.2, 0.25) is 11.8 Å². The van der Waals surface area contributed by atoms with Crippen molar-refractivity contribution in [3.8, 4) is 0 Å². The predicted molar refractivity (Wildman–Crippen MR) is 82.5 cm³/mol. The van der Waals surface area contributed by atoms with Gasteiger partial charge in [0.05, 0.1) is 0 Å². The summed E-state index contributed by atoms with van der Waals surface area (Å²) in [6.45, 7) is 2.41. The summed E-state index contributed by atoms with van der Waals surface area (Å²) < 4.78 is 12.8. The van der Waals surface area contributed by atoms with Crippen molar-refractivity contribution in [1.82, 2.24) is 10.2 Å². The molecule has 2 amide bonds. The highest BCUT2D eigenvalue weighted by Gasteiger charge is 2.24. The Balaban J connectivity index is 1.76. The average molecular weight is 306 g/mol. The van der Waals surface area contributed by atoms with E-state index in [0.29, 0.717) is 25.6 Å². The maximum absolute atomic E-state index is 12.8. The zero-order valence-electron chi connectivity index (χ0n) is 13.0. The summed E-state index contributed by atoms with van der Waals surface area (Å²) in [6.07, 6.45) is 4.70. The van der Waals surface area contributed by atoms with Crippen LogP contribution in [0.2, 0.25) is 0 Å². The Morgan fingerprint density at radius 3 is 2.45 bits per heavy atom. The quantitative estimate of drug-likeness (QED) is 0.878. The summed E-state index contributed by atoms with van der Waals surface area (Å²) in [4.78, 5) is 25.4. The summed E-state index contributed by atoms with van der Waals surface area (Å²) in [6, 6.07) is 6.34. The molecule has 0 atom stereocenters. The zero-order valence-corrected chi connectivity index (χ0v) is 13.0. The van der Waals surface area contributed by atoms with Gasteiger partial charge in [-0.05, 0) is 30.5 Å². The molecule has 0 bridgehead atoms. The number of nitrogens with one attached hydrogen (secondary N) is 1. The molecule has 0 spiro atoms. The van der Waals surface area contributed by atoms with Crippen molar-refractivity contribution in [3.63, 3.8) is 0 Å². The summed E-state index contributed by atoms with van der Waals surface area (Å²) in [5, 5.41) is 2.80. The first-order chi connectivity index (χ1) is 10.6. The summed E-state index contributed by atoms with van der Waals surface area (Å²) >= 11 is 0. The molecule has 0 unspecified atom stereocenters. The Morgan fingerprint density at radius 1 is 1.23 bits per heavy atom. The van der Waals surface area contributed by atoms with E-state index in [-0.39, 0.29) is 17.6 Å². The largest absolute Gasteiger partial charge is 0.352 e. The number of hydrogen-bond acceptors (Lipinski definition) is 2. The molecule has 0 heterocycles. The molecule has 22 heavy (non-hydrogen) atoms. The molecule has 0 aromatic heterocycles. The molecule has 1 aromatic carbocycles. The van der Waals surface area contributed by atoms with E-state index < -0.39 is 0 Å². The van der Waals surface area contributed by atoms with Crippen LogP contribution in [0.3, 0.4) is 0 Å². The van der Waals surface area contributed by atoms with Gasteiger partial charge in [-0.15, -0.1) is 0 Å². The van der Waals surface area contributed by atoms with Gasteiger partial charge >= 0.3 is 0 Å². The topological polar surface area (TPSA) is 49.4 Å². The molecule has 0 saturated heterocycles. The first-order valence-corrected chi connectivity index (χ1v) is 7.84. The van der Waals surface area contributed by atoms with E-state index in [1.54, 1.807) is 19.1 Å². The molecule has 2 rings (SSSR count). The van der Waals surface area contributed by atoms with E-state index in [1.807, 2.05) is 4.90 Å². The Morgan fingerprint density at radius 2 is 1.86 bits per heavy atom. The molecule has 120 valence electrons. The normalized spacial score (nSPS) is 14.8. The molecular weight excluding hydrogens is 283 g/mol. The highest BCUT2D eigenvalue weighted by atomic mass is 19.1. The van der Waals surface area contributed by atoms with Gasteiger partial charge in [-0.3, -0.25) is 9.59 Å². The van der Waals surface area contributed by atoms with Crippen LogP contribution in [0.5, 0.6) is 0 Å². The van der Waals surface area contributed by atoms with Gasteiger partial charge in [-0.2, -0.15) is 0 Å². The molecule has 0 aliphatic heterocycles. The molecule has 5 heteroatoms. The fourth-order valence-corrected chi connectivity index (χ4v) is 2.93. The van der Waals surface area contributed by atoms with E-state index >= 15 is 0 Å². The molecule has 1 aliphatic rings. The van der Waals surface area contributed by atoms with Crippen molar-refractivity contribution < 1.29 is 14.0 Å². The molecule has 0 radical (unpaired) electrons. The van der Waals surface area contributed by atoms with Crippen LogP contribution in [0, 0.1) is 5.82 Å². The van der Waals surface area contributed by atoms with Crippen molar-refractivity contribution >= 4 is 11.8 Å². The van der Waals surface area contributed by atoms with E-state index in [1.165, 1.54) is 12.1 Å². The molecule has 4 nitrogen and oxygen atoms in total. The first-order valence-electron chi connectivity index (χ1n) is 7.84. The van der Waals surface area contributed by atoms with Crippen molar-refractivity contribution in [2.24, 2.45) is 0 Å². The lowest BCUT2D eigenvalue weighted by molar-refractivity contribution is -0.131. The zero-order chi connectivity index (χ0) is 15.9. The number of carbonyl (C=O) groups is 2. The molecule has 1 aliphatic carbocycles. The monoisotopic (exact) mass is 306 g/mol. The van der Waals surface area contributed by atoms with Crippen LogP contribution >= 0.6 is 0 Å². The lowest BCUT2D eigenvalue weighted by Gasteiger charge is -2.27. The van der Waals surface area contributed by atoms with E-state index in [9.17, 15) is 14.0 Å². The molecule has 1 fully saturated rings. The highest BCUT2D eigenvalue weighted by Crippen LogP contribution is 2.23. The standard InChI is InChI=1S/C17H23FN2O2/c1-13(21)20(16-4-2-3-5-16)11-10-17(22)19-12-14-6-8-15(18)9-7-14/h6-9,16H,2-5,10-12H2,1H3,(H,19,22). The Hall–Kier alpha value is -1.91. The number of benzene rings is 1. The van der Waals surface area contributed by atoms with Gasteiger partial charge in [0.25, 0.3) is 0 Å². The van der Waals surface area contributed by atoms with Crippen LogP contribution in [0.4, 0.5) is 4.39 Å². The van der Waals surface area contributed by atoms with E-state index in [2.05, 4.69) is 5.32 Å². The second-order valence-corrected chi connectivity index (χ2v) is 5.80. The maximum Gasteiger partial charge on any atom is 0.222 e. The lowest BCUT2D eigenvalue weighted by atomic mass is 10.2. The van der Waals surface area contributed by atoms with Gasteiger partial charge in [-0.25, -0.2) is 4.39 Å². The van der Waals surface area contributed by atoms with Crippen LogP contribution in [-0.4, -0.2) is 29.3 Å². The Kier molecular flexibility index (Phi) is 5.92. The second-order valence-electron chi connectivity index (χ2n) is 5.80. The van der Waals surface area contributed by atoms with Crippen molar-refractivity contribution in [2.75, 3.05) is 6.54 Å². The molecule has 1 saturated carbocycles. The van der Waals surface area contributed by atoms with Crippen molar-refractivity contribution in [1.29, 1.82) is 0 Å². The number of hydrogen-bond donors (Lipinski definition) is 1. The van der Waals surface area contributed by atoms with Gasteiger partial charge < -0.3 is 10.2 Å². The third kappa shape index (κ3) is 4.83.